The smallest absolute Gasteiger partial charge is 0.274 e. The predicted octanol–water partition coefficient (Wildman–Crippen LogP) is -0.479. The van der Waals surface area contributed by atoms with Crippen LogP contribution in [0.25, 0.3) is 5.69 Å². The highest BCUT2D eigenvalue weighted by Gasteiger charge is 2.64. The Kier molecular flexibility index (Phi) is 3.81. The van der Waals surface area contributed by atoms with Crippen molar-refractivity contribution in [2.24, 2.45) is 11.7 Å². The highest BCUT2D eigenvalue weighted by molar-refractivity contribution is 7.93. The summed E-state index contributed by atoms with van der Waals surface area (Å²) in [4.78, 5) is 25.8. The number of nitrogens with two attached hydrogens (primary N) is 1. The van der Waals surface area contributed by atoms with E-state index in [9.17, 15) is 22.4 Å². The van der Waals surface area contributed by atoms with Crippen molar-refractivity contribution in [2.45, 2.75) is 11.2 Å². The van der Waals surface area contributed by atoms with Gasteiger partial charge in [-0.25, -0.2) is 17.5 Å². The summed E-state index contributed by atoms with van der Waals surface area (Å²) in [7, 11) is -3.53. The number of primary amides is 1. The summed E-state index contributed by atoms with van der Waals surface area (Å²) in [6.45, 7) is -0.230. The lowest BCUT2D eigenvalue weighted by molar-refractivity contribution is -0.124. The molecule has 1 aromatic carbocycles. The van der Waals surface area contributed by atoms with Crippen LogP contribution in [0.3, 0.4) is 0 Å². The van der Waals surface area contributed by atoms with Gasteiger partial charge >= 0.3 is 0 Å². The Bertz CT molecular complexity index is 1040. The number of halogens is 1. The summed E-state index contributed by atoms with van der Waals surface area (Å²) in [5.74, 6) is -2.59. The maximum Gasteiger partial charge on any atom is 0.274 e. The fourth-order valence-electron chi connectivity index (χ4n) is 3.86. The van der Waals surface area contributed by atoms with E-state index in [1.54, 1.807) is 6.07 Å². The molecule has 2 amide bonds. The number of aromatic nitrogens is 3. The molecule has 1 unspecified atom stereocenters. The molecule has 2 aliphatic rings. The number of amides is 2. The highest BCUT2D eigenvalue weighted by atomic mass is 32.2. The molecule has 4 rings (SSSR count). The summed E-state index contributed by atoms with van der Waals surface area (Å²) in [5, 5.41) is 7.51. The van der Waals surface area contributed by atoms with Gasteiger partial charge in [-0.3, -0.25) is 9.59 Å². The van der Waals surface area contributed by atoms with E-state index in [1.807, 2.05) is 0 Å². The van der Waals surface area contributed by atoms with Gasteiger partial charge in [0.1, 0.15) is 10.6 Å². The molecular formula is C16H16FN5O4S. The van der Waals surface area contributed by atoms with Gasteiger partial charge < -0.3 is 10.6 Å². The number of sulfone groups is 1. The van der Waals surface area contributed by atoms with E-state index in [2.05, 4.69) is 10.3 Å². The third kappa shape index (κ3) is 2.52. The van der Waals surface area contributed by atoms with Gasteiger partial charge in [-0.15, -0.1) is 5.10 Å². The Hall–Kier alpha value is -2.82. The van der Waals surface area contributed by atoms with Crippen LogP contribution in [0, 0.1) is 11.7 Å². The minimum Gasteiger partial charge on any atom is -0.369 e. The molecule has 1 atom stereocenters. The Labute approximate surface area is 153 Å². The number of hydrogen-bond acceptors (Lipinski definition) is 6. The molecule has 2 aromatic rings. The Morgan fingerprint density at radius 1 is 1.30 bits per heavy atom. The van der Waals surface area contributed by atoms with Gasteiger partial charge in [-0.05, 0) is 24.6 Å². The van der Waals surface area contributed by atoms with Crippen LogP contribution in [-0.4, -0.2) is 63.7 Å². The second-order valence-corrected chi connectivity index (χ2v) is 9.25. The summed E-state index contributed by atoms with van der Waals surface area (Å²) in [6.07, 6.45) is 1.40. The van der Waals surface area contributed by atoms with Crippen LogP contribution in [0.15, 0.2) is 30.5 Å². The van der Waals surface area contributed by atoms with Crippen LogP contribution >= 0.6 is 0 Å². The zero-order valence-corrected chi connectivity index (χ0v) is 14.9. The third-order valence-electron chi connectivity index (χ3n) is 5.30. The molecular weight excluding hydrogens is 377 g/mol. The quantitative estimate of drug-likeness (QED) is 0.750. The van der Waals surface area contributed by atoms with E-state index in [-0.39, 0.29) is 31.0 Å². The van der Waals surface area contributed by atoms with E-state index >= 15 is 0 Å². The van der Waals surface area contributed by atoms with Crippen molar-refractivity contribution in [1.29, 1.82) is 0 Å². The topological polar surface area (TPSA) is 128 Å². The van der Waals surface area contributed by atoms with Crippen LogP contribution in [0.2, 0.25) is 0 Å². The van der Waals surface area contributed by atoms with E-state index < -0.39 is 38.1 Å². The van der Waals surface area contributed by atoms with E-state index in [0.29, 0.717) is 5.69 Å². The van der Waals surface area contributed by atoms with Gasteiger partial charge in [0.05, 0.1) is 23.6 Å². The molecule has 0 saturated carbocycles. The first kappa shape index (κ1) is 17.6. The number of carbonyl (C=O) groups is 2. The minimum absolute atomic E-state index is 0.0708. The fraction of sp³-hybridized carbons (Fsp3) is 0.375. The van der Waals surface area contributed by atoms with Crippen LogP contribution in [0.5, 0.6) is 0 Å². The zero-order chi connectivity index (χ0) is 19.4. The number of hydrogen-bond donors (Lipinski definition) is 1. The van der Waals surface area contributed by atoms with Gasteiger partial charge in [0, 0.05) is 13.1 Å². The lowest BCUT2D eigenvalue weighted by atomic mass is 9.82. The van der Waals surface area contributed by atoms with Crippen molar-refractivity contribution in [2.75, 3.05) is 18.8 Å². The van der Waals surface area contributed by atoms with Gasteiger partial charge in [0.2, 0.25) is 5.91 Å². The first-order valence-corrected chi connectivity index (χ1v) is 9.88. The molecule has 0 aliphatic carbocycles. The maximum absolute atomic E-state index is 13.5. The largest absolute Gasteiger partial charge is 0.369 e. The molecule has 27 heavy (non-hydrogen) atoms. The molecule has 1 spiro atoms. The van der Waals surface area contributed by atoms with Gasteiger partial charge in [0.25, 0.3) is 5.91 Å². The SMILES string of the molecule is NC(=O)C1CCS(=O)(=O)C12CN(C(=O)c1cnnn1-c1cccc(F)c1)C2. The molecule has 0 bridgehead atoms. The fourth-order valence-corrected chi connectivity index (χ4v) is 6.18. The number of likely N-dealkylation sites (tertiary alicyclic amines) is 1. The third-order valence-corrected chi connectivity index (χ3v) is 7.85. The Morgan fingerprint density at radius 2 is 2.04 bits per heavy atom. The molecule has 2 fully saturated rings. The standard InChI is InChI=1S/C16H16FN5O4S/c17-10-2-1-3-11(6-10)22-13(7-19-20-22)15(24)21-8-16(9-21)12(14(18)23)4-5-27(16,25)26/h1-3,6-7,12H,4-5,8-9H2,(H2,18,23). The summed E-state index contributed by atoms with van der Waals surface area (Å²) in [5.41, 5.74) is 5.75. The average Bonchev–Trinajstić information content (AvgIpc) is 3.14. The summed E-state index contributed by atoms with van der Waals surface area (Å²) in [6, 6.07) is 5.50. The summed E-state index contributed by atoms with van der Waals surface area (Å²) < 4.78 is 38.2. The van der Waals surface area contributed by atoms with Crippen LogP contribution in [0.1, 0.15) is 16.9 Å². The molecule has 0 radical (unpaired) electrons. The van der Waals surface area contributed by atoms with Gasteiger partial charge in [-0.1, -0.05) is 11.3 Å². The van der Waals surface area contributed by atoms with Crippen LogP contribution in [0.4, 0.5) is 4.39 Å². The van der Waals surface area contributed by atoms with E-state index in [4.69, 9.17) is 5.73 Å². The summed E-state index contributed by atoms with van der Waals surface area (Å²) >= 11 is 0. The molecule has 2 N–H and O–H groups in total. The second kappa shape index (κ2) is 5.84. The Morgan fingerprint density at radius 3 is 2.70 bits per heavy atom. The molecule has 11 heteroatoms. The Balaban J connectivity index is 1.61. The molecule has 2 aliphatic heterocycles. The van der Waals surface area contributed by atoms with Crippen molar-refractivity contribution in [3.05, 3.63) is 42.0 Å². The van der Waals surface area contributed by atoms with E-state index in [1.165, 1.54) is 34.0 Å². The van der Waals surface area contributed by atoms with Gasteiger partial charge in [0.15, 0.2) is 15.5 Å². The predicted molar refractivity (Wildman–Crippen MR) is 91.0 cm³/mol. The molecule has 142 valence electrons. The number of benzene rings is 1. The maximum atomic E-state index is 13.5. The van der Waals surface area contributed by atoms with E-state index in [0.717, 1.165) is 0 Å². The highest BCUT2D eigenvalue weighted by Crippen LogP contribution is 2.45. The first-order valence-electron chi connectivity index (χ1n) is 8.23. The molecule has 9 nitrogen and oxygen atoms in total. The lowest BCUT2D eigenvalue weighted by Gasteiger charge is -2.48. The second-order valence-electron chi connectivity index (χ2n) is 6.80. The van der Waals surface area contributed by atoms with Crippen LogP contribution < -0.4 is 5.73 Å². The van der Waals surface area contributed by atoms with Crippen molar-refractivity contribution in [3.63, 3.8) is 0 Å². The van der Waals surface area contributed by atoms with Crippen molar-refractivity contribution in [1.82, 2.24) is 19.9 Å². The monoisotopic (exact) mass is 393 g/mol. The number of carbonyl (C=O) groups excluding carboxylic acids is 2. The molecule has 3 heterocycles. The van der Waals surface area contributed by atoms with Crippen molar-refractivity contribution in [3.8, 4) is 5.69 Å². The lowest BCUT2D eigenvalue weighted by Crippen LogP contribution is -2.69. The number of rotatable bonds is 3. The minimum atomic E-state index is -3.53. The number of nitrogens with zero attached hydrogens (tertiary/aromatic N) is 4. The first-order chi connectivity index (χ1) is 12.7. The zero-order valence-electron chi connectivity index (χ0n) is 14.1. The van der Waals surface area contributed by atoms with Crippen molar-refractivity contribution < 1.29 is 22.4 Å². The normalized spacial score (nSPS) is 22.6. The molecule has 1 aromatic heterocycles. The van der Waals surface area contributed by atoms with Gasteiger partial charge in [-0.2, -0.15) is 0 Å². The average molecular weight is 393 g/mol. The van der Waals surface area contributed by atoms with Crippen molar-refractivity contribution >= 4 is 21.7 Å². The van der Waals surface area contributed by atoms with Crippen LogP contribution in [-0.2, 0) is 14.6 Å². The molecule has 2 saturated heterocycles.